The van der Waals surface area contributed by atoms with Gasteiger partial charge in [-0.2, -0.15) is 0 Å². The molecule has 0 aliphatic carbocycles. The molecule has 5 nitrogen and oxygen atoms in total. The normalized spacial score (nSPS) is 12.6. The average Bonchev–Trinajstić information content (AvgIpc) is 3.92. The number of benzene rings is 7. The summed E-state index contributed by atoms with van der Waals surface area (Å²) in [4.78, 5) is 5.23. The summed E-state index contributed by atoms with van der Waals surface area (Å²) in [5.41, 5.74) is 12.8. The van der Waals surface area contributed by atoms with Crippen LogP contribution in [-0.4, -0.2) is 22.9 Å². The number of para-hydroxylation sites is 7. The molecule has 0 bridgehead atoms. The Morgan fingerprint density at radius 3 is 1.73 bits per heavy atom. The van der Waals surface area contributed by atoms with E-state index < -0.39 is 0 Å². The highest BCUT2D eigenvalue weighted by Gasteiger charge is 2.24. The van der Waals surface area contributed by atoms with Gasteiger partial charge in [-0.15, -0.1) is 0 Å². The molecule has 48 heavy (non-hydrogen) atoms. The van der Waals surface area contributed by atoms with Crippen LogP contribution in [0.5, 0.6) is 0 Å². The van der Waals surface area contributed by atoms with Crippen molar-refractivity contribution in [3.8, 4) is 11.4 Å². The molecule has 0 aliphatic heterocycles. The Balaban J connectivity index is 1.30. The number of imidazole rings is 2. The van der Waals surface area contributed by atoms with E-state index in [1.165, 1.54) is 70.9 Å². The van der Waals surface area contributed by atoms with Crippen LogP contribution in [0.2, 0.25) is 0 Å². The molecule has 0 unspecified atom stereocenters. The predicted octanol–water partition coefficient (Wildman–Crippen LogP) is 10.7. The van der Waals surface area contributed by atoms with Gasteiger partial charge in [-0.05, 0) is 60.7 Å². The molecule has 0 aliphatic rings. The first-order valence-corrected chi connectivity index (χ1v) is 16.4. The van der Waals surface area contributed by atoms with E-state index in [1.807, 2.05) is 0 Å². The maximum atomic E-state index is 5.23. The van der Waals surface area contributed by atoms with Crippen molar-refractivity contribution >= 4 is 87.7 Å². The fourth-order valence-electron chi connectivity index (χ4n) is 8.59. The quantitative estimate of drug-likeness (QED) is 0.191. The van der Waals surface area contributed by atoms with Crippen molar-refractivity contribution in [3.05, 3.63) is 152 Å². The molecular formula is C43H25N5. The molecular weight excluding hydrogens is 587 g/mol. The van der Waals surface area contributed by atoms with E-state index in [2.05, 4.69) is 170 Å². The smallest absolute Gasteiger partial charge is 0.220 e. The number of rotatable bonds is 2. The summed E-state index contributed by atoms with van der Waals surface area (Å²) in [5, 5.41) is 7.48. The molecule has 12 aromatic rings. The van der Waals surface area contributed by atoms with Crippen molar-refractivity contribution in [1.82, 2.24) is 22.9 Å². The van der Waals surface area contributed by atoms with Gasteiger partial charge in [0.05, 0.1) is 55.3 Å². The zero-order valence-corrected chi connectivity index (χ0v) is 25.7. The van der Waals surface area contributed by atoms with E-state index in [0.29, 0.717) is 0 Å². The SMILES string of the molecule is c1ccc(-n2c3ccccc3c3cc4c5ccccc5n(-c5cccc6c7cccc8c7n(c56)c5nc6ccccc6n85)c4cc32)cc1. The molecule has 0 atom stereocenters. The molecule has 0 radical (unpaired) electrons. The monoisotopic (exact) mass is 611 g/mol. The molecule has 5 aromatic heterocycles. The van der Waals surface area contributed by atoms with Gasteiger partial charge >= 0.3 is 0 Å². The fraction of sp³-hybridized carbons (Fsp3) is 0. The average molecular weight is 612 g/mol. The third-order valence-electron chi connectivity index (χ3n) is 10.5. The zero-order chi connectivity index (χ0) is 31.1. The summed E-state index contributed by atoms with van der Waals surface area (Å²) in [5.74, 6) is 0.942. The molecule has 0 N–H and O–H groups in total. The molecule has 5 heteroatoms. The topological polar surface area (TPSA) is 31.6 Å². The van der Waals surface area contributed by atoms with Crippen LogP contribution in [0.1, 0.15) is 0 Å². The predicted molar refractivity (Wildman–Crippen MR) is 199 cm³/mol. The second-order valence-electron chi connectivity index (χ2n) is 12.8. The van der Waals surface area contributed by atoms with Gasteiger partial charge in [-0.1, -0.05) is 91.0 Å². The van der Waals surface area contributed by atoms with Crippen LogP contribution in [-0.2, 0) is 0 Å². The Morgan fingerprint density at radius 1 is 0.354 bits per heavy atom. The highest BCUT2D eigenvalue weighted by Crippen LogP contribution is 2.43. The molecule has 0 saturated carbocycles. The third kappa shape index (κ3) is 2.87. The van der Waals surface area contributed by atoms with Crippen molar-refractivity contribution < 1.29 is 0 Å². The fourth-order valence-corrected chi connectivity index (χ4v) is 8.59. The first kappa shape index (κ1) is 24.6. The minimum absolute atomic E-state index is 0.942. The Morgan fingerprint density at radius 2 is 0.938 bits per heavy atom. The lowest BCUT2D eigenvalue weighted by molar-refractivity contribution is 1.15. The highest BCUT2D eigenvalue weighted by molar-refractivity contribution is 6.21. The molecule has 0 fully saturated rings. The number of nitrogens with zero attached hydrogens (tertiary/aromatic N) is 5. The maximum Gasteiger partial charge on any atom is 0.220 e. The summed E-state index contributed by atoms with van der Waals surface area (Å²) in [7, 11) is 0. The van der Waals surface area contributed by atoms with E-state index in [0.717, 1.165) is 28.2 Å². The van der Waals surface area contributed by atoms with Crippen LogP contribution < -0.4 is 0 Å². The Labute approximate surface area is 273 Å². The van der Waals surface area contributed by atoms with Crippen LogP contribution in [0.25, 0.3) is 99.1 Å². The maximum absolute atomic E-state index is 5.23. The summed E-state index contributed by atoms with van der Waals surface area (Å²) in [6, 6.07) is 55.0. The van der Waals surface area contributed by atoms with E-state index in [4.69, 9.17) is 4.98 Å². The lowest BCUT2D eigenvalue weighted by Crippen LogP contribution is -1.98. The lowest BCUT2D eigenvalue weighted by Gasteiger charge is -2.12. The minimum Gasteiger partial charge on any atom is -0.309 e. The van der Waals surface area contributed by atoms with Gasteiger partial charge in [-0.3, -0.25) is 8.80 Å². The Bertz CT molecular complexity index is 3280. The number of fused-ring (bicyclic) bond motifs is 14. The molecule has 7 aromatic carbocycles. The number of hydrogen-bond acceptors (Lipinski definition) is 1. The summed E-state index contributed by atoms with van der Waals surface area (Å²) < 4.78 is 9.61. The van der Waals surface area contributed by atoms with Crippen molar-refractivity contribution in [2.45, 2.75) is 0 Å². The van der Waals surface area contributed by atoms with Gasteiger partial charge in [0.2, 0.25) is 5.78 Å². The van der Waals surface area contributed by atoms with Crippen molar-refractivity contribution in [2.24, 2.45) is 0 Å². The standard InChI is InChI=1S/C43H25N5/c1-2-12-26(13-3-1)45-34-19-7-4-14-27(34)31-24-32-28-15-5-8-20-35(28)46(40(32)25-39(31)45)37-22-10-16-29-30-17-11-23-38-42(30)48(41(29)37)43-44-33-18-6-9-21-36(33)47(38)43/h1-25H. The van der Waals surface area contributed by atoms with Crippen LogP contribution in [0, 0.1) is 0 Å². The van der Waals surface area contributed by atoms with Crippen molar-refractivity contribution in [2.75, 3.05) is 0 Å². The third-order valence-corrected chi connectivity index (χ3v) is 10.5. The summed E-state index contributed by atoms with van der Waals surface area (Å²) >= 11 is 0. The van der Waals surface area contributed by atoms with E-state index in [-0.39, 0.29) is 0 Å². The van der Waals surface area contributed by atoms with Gasteiger partial charge in [0.25, 0.3) is 0 Å². The first-order chi connectivity index (χ1) is 23.8. The van der Waals surface area contributed by atoms with E-state index >= 15 is 0 Å². The molecule has 5 heterocycles. The Kier molecular flexibility index (Phi) is 4.41. The number of aromatic nitrogens is 5. The van der Waals surface area contributed by atoms with Crippen LogP contribution in [0.4, 0.5) is 0 Å². The largest absolute Gasteiger partial charge is 0.309 e. The van der Waals surface area contributed by atoms with Crippen LogP contribution in [0.15, 0.2) is 152 Å². The Hall–Kier alpha value is -6.59. The van der Waals surface area contributed by atoms with E-state index in [9.17, 15) is 0 Å². The van der Waals surface area contributed by atoms with E-state index in [1.54, 1.807) is 0 Å². The van der Waals surface area contributed by atoms with Crippen molar-refractivity contribution in [1.29, 1.82) is 0 Å². The van der Waals surface area contributed by atoms with Gasteiger partial charge in [0, 0.05) is 38.0 Å². The molecule has 0 saturated heterocycles. The van der Waals surface area contributed by atoms with Gasteiger partial charge in [-0.25, -0.2) is 4.98 Å². The van der Waals surface area contributed by atoms with Crippen LogP contribution >= 0.6 is 0 Å². The second kappa shape index (κ2) is 8.60. The first-order valence-electron chi connectivity index (χ1n) is 16.4. The van der Waals surface area contributed by atoms with Gasteiger partial charge in [0.15, 0.2) is 0 Å². The minimum atomic E-state index is 0.942. The zero-order valence-electron chi connectivity index (χ0n) is 25.7. The second-order valence-corrected chi connectivity index (χ2v) is 12.8. The number of hydrogen-bond donors (Lipinski definition) is 0. The molecule has 0 amide bonds. The molecule has 222 valence electrons. The summed E-state index contributed by atoms with van der Waals surface area (Å²) in [6.07, 6.45) is 0. The highest BCUT2D eigenvalue weighted by atomic mass is 15.2. The van der Waals surface area contributed by atoms with Crippen LogP contribution in [0.3, 0.4) is 0 Å². The molecule has 0 spiro atoms. The van der Waals surface area contributed by atoms with Gasteiger partial charge in [0.1, 0.15) is 0 Å². The lowest BCUT2D eigenvalue weighted by atomic mass is 10.1. The van der Waals surface area contributed by atoms with Crippen molar-refractivity contribution in [3.63, 3.8) is 0 Å². The van der Waals surface area contributed by atoms with Gasteiger partial charge < -0.3 is 9.13 Å². The molecule has 12 rings (SSSR count). The summed E-state index contributed by atoms with van der Waals surface area (Å²) in [6.45, 7) is 0.